The van der Waals surface area contributed by atoms with Gasteiger partial charge >= 0.3 is 0 Å². The molecule has 0 amide bonds. The molecule has 1 heterocycles. The summed E-state index contributed by atoms with van der Waals surface area (Å²) in [5, 5.41) is 3.48. The molecule has 1 aromatic heterocycles. The van der Waals surface area contributed by atoms with Crippen molar-refractivity contribution in [3.63, 3.8) is 0 Å². The van der Waals surface area contributed by atoms with Crippen molar-refractivity contribution in [3.05, 3.63) is 60.4 Å². The third-order valence-electron chi connectivity index (χ3n) is 3.37. The van der Waals surface area contributed by atoms with Crippen LogP contribution in [-0.2, 0) is 7.05 Å². The van der Waals surface area contributed by atoms with Crippen LogP contribution in [0.25, 0.3) is 11.0 Å². The predicted molar refractivity (Wildman–Crippen MR) is 79.2 cm³/mol. The molecule has 96 valence electrons. The second-order valence-corrected chi connectivity index (χ2v) is 4.75. The van der Waals surface area contributed by atoms with Crippen molar-refractivity contribution in [2.75, 3.05) is 5.32 Å². The molecule has 2 aromatic carbocycles. The van der Waals surface area contributed by atoms with Gasteiger partial charge in [0, 0.05) is 12.7 Å². The van der Waals surface area contributed by atoms with Crippen LogP contribution in [0.2, 0.25) is 0 Å². The molecule has 0 fully saturated rings. The first-order chi connectivity index (χ1) is 9.25. The van der Waals surface area contributed by atoms with Gasteiger partial charge in [0.2, 0.25) is 0 Å². The summed E-state index contributed by atoms with van der Waals surface area (Å²) >= 11 is 0. The molecule has 1 atom stereocenters. The minimum absolute atomic E-state index is 0.166. The molecule has 0 aliphatic carbocycles. The maximum atomic E-state index is 4.71. The highest BCUT2D eigenvalue weighted by Crippen LogP contribution is 2.22. The van der Waals surface area contributed by atoms with E-state index in [2.05, 4.69) is 42.1 Å². The van der Waals surface area contributed by atoms with Crippen molar-refractivity contribution in [2.24, 2.45) is 7.05 Å². The number of hydrogen-bond donors (Lipinski definition) is 1. The van der Waals surface area contributed by atoms with Crippen LogP contribution in [-0.4, -0.2) is 9.55 Å². The number of rotatable bonds is 3. The number of aromatic nitrogens is 2. The second-order valence-electron chi connectivity index (χ2n) is 4.75. The lowest BCUT2D eigenvalue weighted by atomic mass is 10.2. The van der Waals surface area contributed by atoms with Gasteiger partial charge in [0.15, 0.2) is 0 Å². The van der Waals surface area contributed by atoms with Gasteiger partial charge in [-0.05, 0) is 31.2 Å². The minimum atomic E-state index is 0.166. The summed E-state index contributed by atoms with van der Waals surface area (Å²) in [5.74, 6) is 1.05. The van der Waals surface area contributed by atoms with Crippen molar-refractivity contribution in [1.82, 2.24) is 9.55 Å². The fraction of sp³-hybridized carbons (Fsp3) is 0.188. The van der Waals surface area contributed by atoms with E-state index in [1.807, 2.05) is 36.4 Å². The molecule has 1 unspecified atom stereocenters. The number of anilines is 1. The molecule has 19 heavy (non-hydrogen) atoms. The highest BCUT2D eigenvalue weighted by Gasteiger charge is 2.13. The molecule has 0 spiro atoms. The van der Waals surface area contributed by atoms with Crippen molar-refractivity contribution in [2.45, 2.75) is 13.0 Å². The van der Waals surface area contributed by atoms with E-state index in [1.54, 1.807) is 0 Å². The van der Waals surface area contributed by atoms with E-state index >= 15 is 0 Å². The van der Waals surface area contributed by atoms with Gasteiger partial charge < -0.3 is 9.88 Å². The molecule has 0 radical (unpaired) electrons. The molecule has 0 aliphatic heterocycles. The molecular weight excluding hydrogens is 234 g/mol. The minimum Gasteiger partial charge on any atom is -0.375 e. The highest BCUT2D eigenvalue weighted by molar-refractivity contribution is 5.76. The summed E-state index contributed by atoms with van der Waals surface area (Å²) in [7, 11) is 2.06. The molecule has 1 N–H and O–H groups in total. The summed E-state index contributed by atoms with van der Waals surface area (Å²) in [5.41, 5.74) is 3.32. The van der Waals surface area contributed by atoms with Crippen LogP contribution in [0, 0.1) is 0 Å². The molecular formula is C16H17N3. The normalized spacial score (nSPS) is 12.5. The van der Waals surface area contributed by atoms with Crippen molar-refractivity contribution >= 4 is 16.7 Å². The Morgan fingerprint density at radius 2 is 1.68 bits per heavy atom. The van der Waals surface area contributed by atoms with E-state index in [1.165, 1.54) is 5.52 Å². The van der Waals surface area contributed by atoms with Gasteiger partial charge in [-0.1, -0.05) is 30.3 Å². The number of aryl methyl sites for hydroxylation is 1. The first kappa shape index (κ1) is 11.8. The fourth-order valence-corrected chi connectivity index (χ4v) is 2.40. The van der Waals surface area contributed by atoms with Crippen LogP contribution >= 0.6 is 0 Å². The summed E-state index contributed by atoms with van der Waals surface area (Å²) < 4.78 is 2.15. The van der Waals surface area contributed by atoms with Crippen molar-refractivity contribution < 1.29 is 0 Å². The van der Waals surface area contributed by atoms with Gasteiger partial charge in [0.05, 0.1) is 17.1 Å². The maximum Gasteiger partial charge on any atom is 0.131 e. The monoisotopic (exact) mass is 251 g/mol. The number of benzene rings is 2. The molecule has 0 saturated heterocycles. The number of para-hydroxylation sites is 3. The quantitative estimate of drug-likeness (QED) is 0.768. The lowest BCUT2D eigenvalue weighted by Crippen LogP contribution is -2.11. The first-order valence-electron chi connectivity index (χ1n) is 6.48. The largest absolute Gasteiger partial charge is 0.375 e. The van der Waals surface area contributed by atoms with Crippen molar-refractivity contribution in [1.29, 1.82) is 0 Å². The zero-order valence-electron chi connectivity index (χ0n) is 11.2. The Balaban J connectivity index is 1.93. The van der Waals surface area contributed by atoms with Gasteiger partial charge in [-0.15, -0.1) is 0 Å². The van der Waals surface area contributed by atoms with Crippen LogP contribution in [0.5, 0.6) is 0 Å². The molecule has 3 rings (SSSR count). The zero-order chi connectivity index (χ0) is 13.2. The van der Waals surface area contributed by atoms with Crippen LogP contribution in [0.1, 0.15) is 18.8 Å². The molecule has 3 heteroatoms. The standard InChI is InChI=1S/C16H17N3/c1-12(17-13-8-4-3-5-9-13)16-18-14-10-6-7-11-15(14)19(16)2/h3-12,17H,1-2H3. The van der Waals surface area contributed by atoms with Crippen LogP contribution in [0.4, 0.5) is 5.69 Å². The number of fused-ring (bicyclic) bond motifs is 1. The number of nitrogens with one attached hydrogen (secondary N) is 1. The maximum absolute atomic E-state index is 4.71. The lowest BCUT2D eigenvalue weighted by Gasteiger charge is -2.15. The summed E-state index contributed by atoms with van der Waals surface area (Å²) in [6.45, 7) is 2.13. The third-order valence-corrected chi connectivity index (χ3v) is 3.37. The Bertz CT molecular complexity index is 686. The van der Waals surface area contributed by atoms with Crippen LogP contribution in [0.3, 0.4) is 0 Å². The zero-order valence-corrected chi connectivity index (χ0v) is 11.2. The Morgan fingerprint density at radius 3 is 2.42 bits per heavy atom. The van der Waals surface area contributed by atoms with Gasteiger partial charge in [-0.2, -0.15) is 0 Å². The van der Waals surface area contributed by atoms with E-state index < -0.39 is 0 Å². The van der Waals surface area contributed by atoms with E-state index in [-0.39, 0.29) is 6.04 Å². The van der Waals surface area contributed by atoms with Gasteiger partial charge in [0.25, 0.3) is 0 Å². The lowest BCUT2D eigenvalue weighted by molar-refractivity contribution is 0.734. The number of hydrogen-bond acceptors (Lipinski definition) is 2. The van der Waals surface area contributed by atoms with Gasteiger partial charge in [0.1, 0.15) is 5.82 Å². The smallest absolute Gasteiger partial charge is 0.131 e. The fourth-order valence-electron chi connectivity index (χ4n) is 2.40. The average Bonchev–Trinajstić information content (AvgIpc) is 2.78. The van der Waals surface area contributed by atoms with Gasteiger partial charge in [-0.25, -0.2) is 4.98 Å². The Hall–Kier alpha value is -2.29. The van der Waals surface area contributed by atoms with E-state index in [9.17, 15) is 0 Å². The summed E-state index contributed by atoms with van der Waals surface area (Å²) in [6, 6.07) is 18.6. The van der Waals surface area contributed by atoms with Crippen molar-refractivity contribution in [3.8, 4) is 0 Å². The molecule has 3 nitrogen and oxygen atoms in total. The highest BCUT2D eigenvalue weighted by atomic mass is 15.1. The number of imidazole rings is 1. The SMILES string of the molecule is CC(Nc1ccccc1)c1nc2ccccc2n1C. The van der Waals surface area contributed by atoms with E-state index in [0.717, 1.165) is 17.0 Å². The van der Waals surface area contributed by atoms with Gasteiger partial charge in [-0.3, -0.25) is 0 Å². The molecule has 0 aliphatic rings. The predicted octanol–water partition coefficient (Wildman–Crippen LogP) is 3.75. The number of nitrogens with zero attached hydrogens (tertiary/aromatic N) is 2. The van der Waals surface area contributed by atoms with E-state index in [4.69, 9.17) is 4.98 Å². The Labute approximate surface area is 112 Å². The molecule has 0 bridgehead atoms. The first-order valence-corrected chi connectivity index (χ1v) is 6.48. The third kappa shape index (κ3) is 2.19. The molecule has 0 saturated carbocycles. The molecule has 3 aromatic rings. The summed E-state index contributed by atoms with van der Waals surface area (Å²) in [6.07, 6.45) is 0. The Morgan fingerprint density at radius 1 is 1.00 bits per heavy atom. The average molecular weight is 251 g/mol. The van der Waals surface area contributed by atoms with Crippen LogP contribution in [0.15, 0.2) is 54.6 Å². The summed E-state index contributed by atoms with van der Waals surface area (Å²) in [4.78, 5) is 4.71. The second kappa shape index (κ2) is 4.76. The topological polar surface area (TPSA) is 29.9 Å². The van der Waals surface area contributed by atoms with Crippen LogP contribution < -0.4 is 5.32 Å². The van der Waals surface area contributed by atoms with E-state index in [0.29, 0.717) is 0 Å². The Kier molecular flexibility index (Phi) is 2.95.